The van der Waals surface area contributed by atoms with E-state index in [-0.39, 0.29) is 18.2 Å². The highest BCUT2D eigenvalue weighted by Gasteiger charge is 2.52. The fourth-order valence-corrected chi connectivity index (χ4v) is 2.19. The van der Waals surface area contributed by atoms with Crippen LogP contribution in [0.5, 0.6) is 0 Å². The molecule has 3 unspecified atom stereocenters. The summed E-state index contributed by atoms with van der Waals surface area (Å²) in [6.45, 7) is 6.42. The average molecular weight is 198 g/mol. The standard InChI is InChI=1S/C10H18N2O2/c1-10(2,3)14-9(13)12-5-6-4-7(12)8(6)11/h6-8H,4-5,11H2,1-3H3. The van der Waals surface area contributed by atoms with Crippen LogP contribution in [0.3, 0.4) is 0 Å². The molecule has 4 nitrogen and oxygen atoms in total. The van der Waals surface area contributed by atoms with Gasteiger partial charge in [0.1, 0.15) is 5.60 Å². The van der Waals surface area contributed by atoms with E-state index in [4.69, 9.17) is 10.5 Å². The lowest BCUT2D eigenvalue weighted by atomic mass is 9.81. The number of rotatable bonds is 0. The van der Waals surface area contributed by atoms with Gasteiger partial charge in [-0.15, -0.1) is 0 Å². The second kappa shape index (κ2) is 2.86. The highest BCUT2D eigenvalue weighted by atomic mass is 16.6. The molecule has 4 heteroatoms. The summed E-state index contributed by atoms with van der Waals surface area (Å²) < 4.78 is 5.30. The van der Waals surface area contributed by atoms with Gasteiger partial charge < -0.3 is 15.4 Å². The van der Waals surface area contributed by atoms with Crippen LogP contribution >= 0.6 is 0 Å². The summed E-state index contributed by atoms with van der Waals surface area (Å²) in [5.41, 5.74) is 5.46. The second-order valence-corrected chi connectivity index (χ2v) is 5.27. The van der Waals surface area contributed by atoms with Gasteiger partial charge in [-0.3, -0.25) is 0 Å². The maximum absolute atomic E-state index is 11.7. The molecule has 2 N–H and O–H groups in total. The molecule has 0 radical (unpaired) electrons. The SMILES string of the molecule is CC(C)(C)OC(=O)N1CC2CC1C2N. The Morgan fingerprint density at radius 1 is 1.50 bits per heavy atom. The minimum atomic E-state index is -0.409. The van der Waals surface area contributed by atoms with Crippen molar-refractivity contribution in [2.45, 2.75) is 44.9 Å². The van der Waals surface area contributed by atoms with E-state index in [0.29, 0.717) is 5.92 Å². The maximum atomic E-state index is 11.7. The highest BCUT2D eigenvalue weighted by molar-refractivity contribution is 5.70. The number of fused-ring (bicyclic) bond motifs is 1. The van der Waals surface area contributed by atoms with Gasteiger partial charge in [0.25, 0.3) is 0 Å². The zero-order chi connectivity index (χ0) is 10.5. The van der Waals surface area contributed by atoms with Crippen molar-refractivity contribution < 1.29 is 9.53 Å². The van der Waals surface area contributed by atoms with E-state index in [1.54, 1.807) is 4.90 Å². The Bertz CT molecular complexity index is 259. The first-order chi connectivity index (χ1) is 6.38. The van der Waals surface area contributed by atoms with Crippen molar-refractivity contribution in [1.82, 2.24) is 4.90 Å². The molecule has 1 amide bonds. The molecule has 0 aromatic rings. The number of nitrogens with two attached hydrogens (primary N) is 1. The largest absolute Gasteiger partial charge is 0.444 e. The van der Waals surface area contributed by atoms with Gasteiger partial charge in [0.2, 0.25) is 0 Å². The molecule has 1 aliphatic carbocycles. The van der Waals surface area contributed by atoms with Crippen LogP contribution in [-0.4, -0.2) is 35.2 Å². The first-order valence-corrected chi connectivity index (χ1v) is 5.14. The quantitative estimate of drug-likeness (QED) is 0.630. The average Bonchev–Trinajstić information content (AvgIpc) is 2.55. The molecular weight excluding hydrogens is 180 g/mol. The van der Waals surface area contributed by atoms with E-state index >= 15 is 0 Å². The summed E-state index contributed by atoms with van der Waals surface area (Å²) in [5, 5.41) is 0. The van der Waals surface area contributed by atoms with Gasteiger partial charge in [-0.25, -0.2) is 4.79 Å². The van der Waals surface area contributed by atoms with Crippen LogP contribution in [0.1, 0.15) is 27.2 Å². The Kier molecular flexibility index (Phi) is 2.00. The number of carbonyl (C=O) groups is 1. The van der Waals surface area contributed by atoms with E-state index in [0.717, 1.165) is 13.0 Å². The van der Waals surface area contributed by atoms with Crippen molar-refractivity contribution in [3.8, 4) is 0 Å². The molecule has 3 fully saturated rings. The molecule has 2 aliphatic heterocycles. The summed E-state index contributed by atoms with van der Waals surface area (Å²) in [6, 6.07) is 0.414. The minimum Gasteiger partial charge on any atom is -0.444 e. The van der Waals surface area contributed by atoms with Crippen molar-refractivity contribution in [3.63, 3.8) is 0 Å². The van der Waals surface area contributed by atoms with E-state index in [9.17, 15) is 4.79 Å². The fraction of sp³-hybridized carbons (Fsp3) is 0.900. The van der Waals surface area contributed by atoms with Crippen LogP contribution in [0.4, 0.5) is 4.79 Å². The van der Waals surface area contributed by atoms with E-state index in [1.807, 2.05) is 20.8 Å². The molecule has 3 aliphatic rings. The van der Waals surface area contributed by atoms with Gasteiger partial charge >= 0.3 is 6.09 Å². The van der Waals surface area contributed by atoms with Gasteiger partial charge in [-0.1, -0.05) is 0 Å². The van der Waals surface area contributed by atoms with Crippen molar-refractivity contribution >= 4 is 6.09 Å². The first kappa shape index (κ1) is 9.77. The van der Waals surface area contributed by atoms with Gasteiger partial charge in [0.05, 0.1) is 6.04 Å². The monoisotopic (exact) mass is 198 g/mol. The van der Waals surface area contributed by atoms with E-state index < -0.39 is 5.60 Å². The molecule has 0 spiro atoms. The lowest BCUT2D eigenvalue weighted by Crippen LogP contribution is -2.51. The number of nitrogens with zero attached hydrogens (tertiary/aromatic N) is 1. The molecule has 2 bridgehead atoms. The van der Waals surface area contributed by atoms with Crippen LogP contribution in [-0.2, 0) is 4.74 Å². The number of ether oxygens (including phenoxy) is 1. The molecule has 3 rings (SSSR count). The molecule has 1 saturated carbocycles. The molecule has 0 aromatic heterocycles. The summed E-state index contributed by atoms with van der Waals surface area (Å²) in [4.78, 5) is 13.5. The Morgan fingerprint density at radius 3 is 2.50 bits per heavy atom. The van der Waals surface area contributed by atoms with Gasteiger partial charge in [0, 0.05) is 12.6 Å². The predicted molar refractivity (Wildman–Crippen MR) is 52.8 cm³/mol. The van der Waals surface area contributed by atoms with Gasteiger partial charge in [-0.05, 0) is 33.1 Å². The van der Waals surface area contributed by atoms with Crippen LogP contribution in [0.25, 0.3) is 0 Å². The molecule has 3 atom stereocenters. The number of hydrogen-bond donors (Lipinski definition) is 1. The van der Waals surface area contributed by atoms with Crippen LogP contribution in [0.2, 0.25) is 0 Å². The first-order valence-electron chi connectivity index (χ1n) is 5.14. The normalized spacial score (nSPS) is 35.4. The number of hydrogen-bond acceptors (Lipinski definition) is 3. The third kappa shape index (κ3) is 1.47. The molecule has 2 saturated heterocycles. The third-order valence-electron chi connectivity index (χ3n) is 2.99. The summed E-state index contributed by atoms with van der Waals surface area (Å²) in [6.07, 6.45) is 0.846. The Labute approximate surface area is 84.4 Å². The Hall–Kier alpha value is -0.770. The van der Waals surface area contributed by atoms with Crippen LogP contribution in [0.15, 0.2) is 0 Å². The molecule has 0 aromatic carbocycles. The van der Waals surface area contributed by atoms with Crippen molar-refractivity contribution in [1.29, 1.82) is 0 Å². The fourth-order valence-electron chi connectivity index (χ4n) is 2.19. The predicted octanol–water partition coefficient (Wildman–Crippen LogP) is 0.953. The third-order valence-corrected chi connectivity index (χ3v) is 2.99. The molecule has 14 heavy (non-hydrogen) atoms. The summed E-state index contributed by atoms with van der Waals surface area (Å²) >= 11 is 0. The van der Waals surface area contributed by atoms with Crippen LogP contribution < -0.4 is 5.73 Å². The lowest BCUT2D eigenvalue weighted by Gasteiger charge is -2.33. The van der Waals surface area contributed by atoms with Gasteiger partial charge in [0.15, 0.2) is 0 Å². The van der Waals surface area contributed by atoms with Crippen molar-refractivity contribution in [2.24, 2.45) is 11.7 Å². The molecule has 80 valence electrons. The van der Waals surface area contributed by atoms with E-state index in [1.165, 1.54) is 0 Å². The van der Waals surface area contributed by atoms with E-state index in [2.05, 4.69) is 0 Å². The Morgan fingerprint density at radius 2 is 2.14 bits per heavy atom. The maximum Gasteiger partial charge on any atom is 0.410 e. The summed E-state index contributed by atoms with van der Waals surface area (Å²) in [7, 11) is 0. The molecular formula is C10H18N2O2. The van der Waals surface area contributed by atoms with Crippen LogP contribution in [0, 0.1) is 5.92 Å². The van der Waals surface area contributed by atoms with Gasteiger partial charge in [-0.2, -0.15) is 0 Å². The molecule has 2 heterocycles. The smallest absolute Gasteiger partial charge is 0.410 e. The van der Waals surface area contributed by atoms with Crippen molar-refractivity contribution in [2.75, 3.05) is 6.54 Å². The zero-order valence-corrected chi connectivity index (χ0v) is 8.99. The minimum absolute atomic E-state index is 0.183. The summed E-state index contributed by atoms with van der Waals surface area (Å²) in [5.74, 6) is 0.507. The zero-order valence-electron chi connectivity index (χ0n) is 8.99. The Balaban J connectivity index is 1.94. The number of amides is 1. The topological polar surface area (TPSA) is 55.6 Å². The lowest BCUT2D eigenvalue weighted by molar-refractivity contribution is 0.0234. The van der Waals surface area contributed by atoms with Crippen molar-refractivity contribution in [3.05, 3.63) is 0 Å². The number of carbonyl (C=O) groups excluding carboxylic acids is 1. The highest BCUT2D eigenvalue weighted by Crippen LogP contribution is 2.40. The second-order valence-electron chi connectivity index (χ2n) is 5.27.